The van der Waals surface area contributed by atoms with E-state index in [9.17, 15) is 4.79 Å². The lowest BCUT2D eigenvalue weighted by Gasteiger charge is -2.30. The first-order chi connectivity index (χ1) is 13.2. The van der Waals surface area contributed by atoms with Crippen LogP contribution in [0, 0.1) is 5.41 Å². The Hall–Kier alpha value is -0.570. The number of ether oxygens (including phenoxy) is 2. The van der Waals surface area contributed by atoms with Gasteiger partial charge in [-0.25, -0.2) is 0 Å². The molecule has 1 rings (SSSR count). The van der Waals surface area contributed by atoms with Crippen molar-refractivity contribution in [1.29, 1.82) is 0 Å². The van der Waals surface area contributed by atoms with Gasteiger partial charge in [-0.3, -0.25) is 9.79 Å². The van der Waals surface area contributed by atoms with E-state index >= 15 is 0 Å². The molecule has 0 saturated heterocycles. The smallest absolute Gasteiger partial charge is 0.305 e. The van der Waals surface area contributed by atoms with Crippen molar-refractivity contribution in [2.75, 3.05) is 40.5 Å². The molecule has 0 aliphatic heterocycles. The van der Waals surface area contributed by atoms with Crippen LogP contribution in [0.1, 0.15) is 77.6 Å². The molecule has 1 saturated carbocycles. The summed E-state index contributed by atoms with van der Waals surface area (Å²) in [6.07, 6.45) is 12.4. The predicted molar refractivity (Wildman–Crippen MR) is 127 cm³/mol. The highest BCUT2D eigenvalue weighted by Crippen LogP contribution is 2.40. The second-order valence-corrected chi connectivity index (χ2v) is 7.63. The number of hydrogen-bond acceptors (Lipinski definition) is 4. The second kappa shape index (κ2) is 17.3. The number of rotatable bonds is 14. The highest BCUT2D eigenvalue weighted by atomic mass is 127. The number of guanidine groups is 1. The molecule has 7 heteroatoms. The number of carbonyl (C=O) groups excluding carboxylic acids is 1. The lowest BCUT2D eigenvalue weighted by Crippen LogP contribution is -2.43. The minimum atomic E-state index is -0.0698. The zero-order valence-electron chi connectivity index (χ0n) is 18.2. The van der Waals surface area contributed by atoms with Gasteiger partial charge in [0.2, 0.25) is 0 Å². The van der Waals surface area contributed by atoms with E-state index in [1.807, 2.05) is 14.0 Å². The third-order valence-electron chi connectivity index (χ3n) is 5.51. The minimum Gasteiger partial charge on any atom is -0.466 e. The Morgan fingerprint density at radius 2 is 1.75 bits per heavy atom. The average Bonchev–Trinajstić information content (AvgIpc) is 3.14. The van der Waals surface area contributed by atoms with Crippen LogP contribution in [0.15, 0.2) is 4.99 Å². The lowest BCUT2D eigenvalue weighted by atomic mass is 9.83. The molecule has 0 heterocycles. The van der Waals surface area contributed by atoms with E-state index in [2.05, 4.69) is 15.6 Å². The summed E-state index contributed by atoms with van der Waals surface area (Å²) in [7, 11) is 3.62. The fourth-order valence-electron chi connectivity index (χ4n) is 3.82. The van der Waals surface area contributed by atoms with Crippen LogP contribution < -0.4 is 10.6 Å². The van der Waals surface area contributed by atoms with Crippen molar-refractivity contribution in [3.63, 3.8) is 0 Å². The molecule has 0 aromatic heterocycles. The SMILES string of the molecule is CCOC(=O)CCCCCCCNC(=NC)NCC1(CCOC)CCCC1.I. The zero-order valence-corrected chi connectivity index (χ0v) is 20.5. The molecule has 0 radical (unpaired) electrons. The third-order valence-corrected chi connectivity index (χ3v) is 5.51. The highest BCUT2D eigenvalue weighted by molar-refractivity contribution is 14.0. The summed E-state index contributed by atoms with van der Waals surface area (Å²) in [5, 5.41) is 6.95. The summed E-state index contributed by atoms with van der Waals surface area (Å²) in [5.41, 5.74) is 0.368. The Balaban J connectivity index is 0.00000729. The van der Waals surface area contributed by atoms with Crippen molar-refractivity contribution in [2.24, 2.45) is 10.4 Å². The molecule has 0 amide bonds. The van der Waals surface area contributed by atoms with Gasteiger partial charge in [0.1, 0.15) is 0 Å². The molecule has 28 heavy (non-hydrogen) atoms. The fraction of sp³-hybridized carbons (Fsp3) is 0.905. The first kappa shape index (κ1) is 27.4. The monoisotopic (exact) mass is 511 g/mol. The Bertz CT molecular complexity index is 427. The maximum absolute atomic E-state index is 11.3. The molecule has 1 fully saturated rings. The number of carbonyl (C=O) groups is 1. The van der Waals surface area contributed by atoms with Crippen molar-refractivity contribution < 1.29 is 14.3 Å². The largest absolute Gasteiger partial charge is 0.466 e. The van der Waals surface area contributed by atoms with Crippen molar-refractivity contribution in [2.45, 2.75) is 77.6 Å². The first-order valence-corrected chi connectivity index (χ1v) is 10.7. The Kier molecular flexibility index (Phi) is 16.9. The summed E-state index contributed by atoms with van der Waals surface area (Å²) >= 11 is 0. The van der Waals surface area contributed by atoms with Gasteiger partial charge in [-0.2, -0.15) is 0 Å². The molecule has 166 valence electrons. The molecule has 1 aliphatic carbocycles. The molecule has 0 aromatic rings. The van der Waals surface area contributed by atoms with Crippen LogP contribution in [-0.4, -0.2) is 52.4 Å². The number of halogens is 1. The van der Waals surface area contributed by atoms with Gasteiger partial charge in [0.15, 0.2) is 5.96 Å². The quantitative estimate of drug-likeness (QED) is 0.120. The normalized spacial score (nSPS) is 15.8. The maximum atomic E-state index is 11.3. The van der Waals surface area contributed by atoms with Crippen LogP contribution in [0.25, 0.3) is 0 Å². The van der Waals surface area contributed by atoms with Crippen molar-refractivity contribution >= 4 is 35.9 Å². The third kappa shape index (κ3) is 12.1. The Labute approximate surface area is 189 Å². The summed E-state index contributed by atoms with van der Waals surface area (Å²) in [4.78, 5) is 15.6. The van der Waals surface area contributed by atoms with Crippen molar-refractivity contribution in [3.8, 4) is 0 Å². The number of aliphatic imine (C=N–C) groups is 1. The summed E-state index contributed by atoms with van der Waals surface area (Å²) in [5.74, 6) is 0.834. The summed E-state index contributed by atoms with van der Waals surface area (Å²) < 4.78 is 10.2. The topological polar surface area (TPSA) is 72.0 Å². The van der Waals surface area contributed by atoms with E-state index in [0.717, 1.165) is 57.8 Å². The standard InChI is InChI=1S/C21H41N3O3.HI/c1-4-27-19(25)12-8-6-5-7-11-16-23-20(22-2)24-18-21(15-17-26-3)13-9-10-14-21;/h4-18H2,1-3H3,(H2,22,23,24);1H. The van der Waals surface area contributed by atoms with Crippen molar-refractivity contribution in [3.05, 3.63) is 0 Å². The van der Waals surface area contributed by atoms with Crippen LogP contribution in [0.4, 0.5) is 0 Å². The number of hydrogen-bond donors (Lipinski definition) is 2. The Morgan fingerprint density at radius 3 is 2.39 bits per heavy atom. The predicted octanol–water partition coefficient (Wildman–Crippen LogP) is 4.27. The van der Waals surface area contributed by atoms with Gasteiger partial charge in [0.25, 0.3) is 0 Å². The van der Waals surface area contributed by atoms with E-state index in [0.29, 0.717) is 18.4 Å². The van der Waals surface area contributed by atoms with E-state index in [-0.39, 0.29) is 29.9 Å². The molecule has 2 N–H and O–H groups in total. The van der Waals surface area contributed by atoms with Crippen LogP contribution in [0.3, 0.4) is 0 Å². The molecule has 6 nitrogen and oxygen atoms in total. The number of nitrogens with one attached hydrogen (secondary N) is 2. The van der Waals surface area contributed by atoms with Crippen molar-refractivity contribution in [1.82, 2.24) is 10.6 Å². The molecular formula is C21H42IN3O3. The first-order valence-electron chi connectivity index (χ1n) is 10.7. The van der Waals surface area contributed by atoms with Gasteiger partial charge in [-0.05, 0) is 44.4 Å². The number of methoxy groups -OCH3 is 1. The van der Waals surface area contributed by atoms with Crippen LogP contribution in [0.2, 0.25) is 0 Å². The average molecular weight is 511 g/mol. The molecule has 1 aliphatic rings. The van der Waals surface area contributed by atoms with E-state index in [1.165, 1.54) is 32.1 Å². The van der Waals surface area contributed by atoms with Crippen LogP contribution in [-0.2, 0) is 14.3 Å². The fourth-order valence-corrected chi connectivity index (χ4v) is 3.82. The zero-order chi connectivity index (χ0) is 19.8. The van der Waals surface area contributed by atoms with Gasteiger partial charge in [0, 0.05) is 40.3 Å². The molecule has 0 spiro atoms. The molecule has 0 atom stereocenters. The number of nitrogens with zero attached hydrogens (tertiary/aromatic N) is 1. The van der Waals surface area contributed by atoms with E-state index < -0.39 is 0 Å². The van der Waals surface area contributed by atoms with Gasteiger partial charge >= 0.3 is 5.97 Å². The molecule has 0 aromatic carbocycles. The lowest BCUT2D eigenvalue weighted by molar-refractivity contribution is -0.143. The summed E-state index contributed by atoms with van der Waals surface area (Å²) in [6, 6.07) is 0. The highest BCUT2D eigenvalue weighted by Gasteiger charge is 2.33. The molecular weight excluding hydrogens is 469 g/mol. The molecule has 0 bridgehead atoms. The summed E-state index contributed by atoms with van der Waals surface area (Å²) in [6.45, 7) is 5.07. The van der Waals surface area contributed by atoms with Gasteiger partial charge < -0.3 is 20.1 Å². The maximum Gasteiger partial charge on any atom is 0.305 e. The van der Waals surface area contributed by atoms with Gasteiger partial charge in [0.05, 0.1) is 6.61 Å². The number of unbranched alkanes of at least 4 members (excludes halogenated alkanes) is 4. The van der Waals surface area contributed by atoms with Gasteiger partial charge in [-0.15, -0.1) is 24.0 Å². The van der Waals surface area contributed by atoms with Crippen LogP contribution >= 0.6 is 24.0 Å². The Morgan fingerprint density at radius 1 is 1.07 bits per heavy atom. The van der Waals surface area contributed by atoms with Crippen LogP contribution in [0.5, 0.6) is 0 Å². The number of esters is 1. The van der Waals surface area contributed by atoms with E-state index in [4.69, 9.17) is 9.47 Å². The van der Waals surface area contributed by atoms with Gasteiger partial charge in [-0.1, -0.05) is 32.1 Å². The van der Waals surface area contributed by atoms with E-state index in [1.54, 1.807) is 7.11 Å². The minimum absolute atomic E-state index is 0. The molecule has 0 unspecified atom stereocenters. The second-order valence-electron chi connectivity index (χ2n) is 7.63.